The summed E-state index contributed by atoms with van der Waals surface area (Å²) in [5.74, 6) is -1.45. The molecule has 5 heterocycles. The summed E-state index contributed by atoms with van der Waals surface area (Å²) < 4.78 is 33.9. The van der Waals surface area contributed by atoms with E-state index < -0.39 is 47.5 Å². The largest absolute Gasteiger partial charge is 0.469 e. The van der Waals surface area contributed by atoms with E-state index in [-0.39, 0.29) is 47.2 Å². The number of aliphatic hydroxyl groups is 1. The highest BCUT2D eigenvalue weighted by Gasteiger charge is 2.61. The predicted molar refractivity (Wildman–Crippen MR) is 160 cm³/mol. The van der Waals surface area contributed by atoms with Gasteiger partial charge < -0.3 is 34.6 Å². The Morgan fingerprint density at radius 3 is 2.67 bits per heavy atom. The number of carbonyl (C=O) groups excluding carboxylic acids is 2. The standard InChI is InChI=1S/C33H31FN6O6/c1-14(2)24-31-40-25(30-36-18(12-35)13-44-30)27(46-31)33-19-11-17(34)6-7-21(19)38-32(33)45-23-8-5-16(9-20(23)33)10-22(28(42)39-24)37-29(43)26(41)15(3)4/h5-9,11,13-15,22,24,26,32,38,41H,10H2,1-4H3,(H,37,43)(H,39,42)/t22-,24?,26-,32?,33?/m0/s1. The van der Waals surface area contributed by atoms with Crippen LogP contribution in [0.5, 0.6) is 5.75 Å². The third-order valence-corrected chi connectivity index (χ3v) is 8.83. The number of anilines is 1. The van der Waals surface area contributed by atoms with E-state index in [0.717, 1.165) is 0 Å². The number of halogens is 1. The van der Waals surface area contributed by atoms with Crippen molar-refractivity contribution in [3.63, 3.8) is 0 Å². The number of carbonyl (C=O) groups is 2. The minimum Gasteiger partial charge on any atom is -0.469 e. The second-order valence-corrected chi connectivity index (χ2v) is 12.5. The van der Waals surface area contributed by atoms with Crippen molar-refractivity contribution >= 4 is 17.5 Å². The van der Waals surface area contributed by atoms with Crippen molar-refractivity contribution in [2.75, 3.05) is 5.32 Å². The summed E-state index contributed by atoms with van der Waals surface area (Å²) in [7, 11) is 0. The first-order valence-electron chi connectivity index (χ1n) is 15.0. The van der Waals surface area contributed by atoms with Gasteiger partial charge in [0.05, 0.1) is 0 Å². The van der Waals surface area contributed by atoms with E-state index >= 15 is 4.39 Å². The van der Waals surface area contributed by atoms with E-state index in [1.165, 1.54) is 18.4 Å². The predicted octanol–water partition coefficient (Wildman–Crippen LogP) is 3.69. The number of rotatable bonds is 5. The number of nitrogens with one attached hydrogen (secondary N) is 3. The van der Waals surface area contributed by atoms with E-state index in [1.807, 2.05) is 26.0 Å². The normalized spacial score (nSPS) is 23.3. The van der Waals surface area contributed by atoms with Gasteiger partial charge >= 0.3 is 0 Å². The van der Waals surface area contributed by atoms with Crippen LogP contribution < -0.4 is 20.7 Å². The topological polar surface area (TPSA) is 176 Å². The third kappa shape index (κ3) is 4.43. The summed E-state index contributed by atoms with van der Waals surface area (Å²) in [5, 5.41) is 29.0. The maximum Gasteiger partial charge on any atom is 0.250 e. The molecule has 13 heteroatoms. The molecule has 2 amide bonds. The molecule has 0 radical (unpaired) electrons. The summed E-state index contributed by atoms with van der Waals surface area (Å²) in [6.07, 6.45) is -0.838. The molecule has 3 unspecified atom stereocenters. The van der Waals surface area contributed by atoms with E-state index in [2.05, 4.69) is 20.9 Å². The molecule has 1 spiro atoms. The molecule has 7 rings (SSSR count). The lowest BCUT2D eigenvalue weighted by atomic mass is 9.72. The van der Waals surface area contributed by atoms with Gasteiger partial charge in [-0.25, -0.2) is 9.37 Å². The van der Waals surface area contributed by atoms with Crippen LogP contribution in [0.3, 0.4) is 0 Å². The lowest BCUT2D eigenvalue weighted by molar-refractivity contribution is -0.135. The first-order chi connectivity index (χ1) is 22.0. The molecule has 3 aliphatic rings. The van der Waals surface area contributed by atoms with E-state index in [1.54, 1.807) is 32.0 Å². The lowest BCUT2D eigenvalue weighted by Crippen LogP contribution is -2.52. The molecule has 0 aliphatic carbocycles. The van der Waals surface area contributed by atoms with Crippen molar-refractivity contribution in [3.8, 4) is 23.4 Å². The van der Waals surface area contributed by atoms with Gasteiger partial charge in [0.15, 0.2) is 23.4 Å². The molecule has 0 saturated carbocycles. The van der Waals surface area contributed by atoms with Crippen molar-refractivity contribution in [1.29, 1.82) is 5.26 Å². The molecule has 3 aliphatic heterocycles. The van der Waals surface area contributed by atoms with Crippen LogP contribution in [0.15, 0.2) is 51.5 Å². The number of nitrogens with zero attached hydrogens (tertiary/aromatic N) is 3. The average molecular weight is 627 g/mol. The van der Waals surface area contributed by atoms with Crippen LogP contribution in [0, 0.1) is 29.0 Å². The second-order valence-electron chi connectivity index (χ2n) is 12.5. The average Bonchev–Trinajstić information content (AvgIpc) is 3.79. The number of fused-ring (bicyclic) bond motifs is 4. The Morgan fingerprint density at radius 1 is 1.15 bits per heavy atom. The quantitative estimate of drug-likeness (QED) is 0.256. The molecule has 12 nitrogen and oxygen atoms in total. The molecule has 2 aromatic heterocycles. The number of hydrogen-bond acceptors (Lipinski definition) is 10. The number of benzene rings is 2. The summed E-state index contributed by atoms with van der Waals surface area (Å²) in [6, 6.07) is 9.86. The third-order valence-electron chi connectivity index (χ3n) is 8.83. The number of aliphatic hydroxyl groups excluding tert-OH is 1. The fourth-order valence-electron chi connectivity index (χ4n) is 6.46. The number of aromatic nitrogens is 2. The van der Waals surface area contributed by atoms with Crippen LogP contribution in [-0.2, 0) is 21.4 Å². The first kappa shape index (κ1) is 29.5. The van der Waals surface area contributed by atoms with Crippen molar-refractivity contribution in [2.24, 2.45) is 11.8 Å². The molecule has 236 valence electrons. The van der Waals surface area contributed by atoms with Gasteiger partial charge in [-0.05, 0) is 41.7 Å². The van der Waals surface area contributed by atoms with E-state index in [0.29, 0.717) is 28.1 Å². The summed E-state index contributed by atoms with van der Waals surface area (Å²) >= 11 is 0. The molecule has 0 saturated heterocycles. The molecule has 4 N–H and O–H groups in total. The number of amides is 2. The lowest BCUT2D eigenvalue weighted by Gasteiger charge is -2.29. The van der Waals surface area contributed by atoms with Crippen LogP contribution in [0.1, 0.15) is 67.8 Å². The maximum atomic E-state index is 15.0. The fraction of sp³-hybridized carbons (Fsp3) is 0.364. The molecular weight excluding hydrogens is 595 g/mol. The zero-order valence-electron chi connectivity index (χ0n) is 25.4. The van der Waals surface area contributed by atoms with E-state index in [4.69, 9.17) is 18.6 Å². The van der Waals surface area contributed by atoms with Gasteiger partial charge in [-0.1, -0.05) is 39.8 Å². The van der Waals surface area contributed by atoms with Gasteiger partial charge in [0.2, 0.25) is 23.6 Å². The summed E-state index contributed by atoms with van der Waals surface area (Å²) in [5.41, 5.74) is 1.29. The van der Waals surface area contributed by atoms with E-state index in [9.17, 15) is 20.0 Å². The van der Waals surface area contributed by atoms with Crippen LogP contribution in [-0.4, -0.2) is 45.3 Å². The molecule has 0 fully saturated rings. The van der Waals surface area contributed by atoms with Crippen LogP contribution in [0.4, 0.5) is 10.1 Å². The van der Waals surface area contributed by atoms with Crippen molar-refractivity contribution in [2.45, 2.75) is 63.9 Å². The smallest absolute Gasteiger partial charge is 0.250 e. The van der Waals surface area contributed by atoms with Gasteiger partial charge in [0.1, 0.15) is 47.5 Å². The maximum absolute atomic E-state index is 15.0. The monoisotopic (exact) mass is 626 g/mol. The highest BCUT2D eigenvalue weighted by atomic mass is 19.1. The molecule has 2 aromatic carbocycles. The SMILES string of the molecule is CC(C)C1NC(=O)[C@@H](NC(=O)[C@@H](O)C(C)C)Cc2ccc3c(c2)C2(c4cc(F)ccc4NC2O3)c2oc1nc2-c1nc(C#N)co1. The number of oxazole rings is 2. The molecule has 5 atom stereocenters. The van der Waals surface area contributed by atoms with Gasteiger partial charge in [-0.3, -0.25) is 9.59 Å². The van der Waals surface area contributed by atoms with Crippen molar-refractivity contribution in [3.05, 3.63) is 82.5 Å². The second kappa shape index (κ2) is 10.7. The molecule has 4 aromatic rings. The number of nitriles is 1. The van der Waals surface area contributed by atoms with Crippen LogP contribution in [0.25, 0.3) is 11.6 Å². The van der Waals surface area contributed by atoms with Gasteiger partial charge in [-0.15, -0.1) is 0 Å². The Kier molecular flexibility index (Phi) is 6.86. The minimum atomic E-state index is -1.32. The molecular formula is C33H31FN6O6. The number of hydrogen-bond donors (Lipinski definition) is 4. The summed E-state index contributed by atoms with van der Waals surface area (Å²) in [6.45, 7) is 7.16. The number of ether oxygens (including phenoxy) is 1. The Labute approximate surface area is 263 Å². The Bertz CT molecular complexity index is 1930. The fourth-order valence-corrected chi connectivity index (χ4v) is 6.46. The van der Waals surface area contributed by atoms with Crippen molar-refractivity contribution in [1.82, 2.24) is 20.6 Å². The van der Waals surface area contributed by atoms with Gasteiger partial charge in [-0.2, -0.15) is 10.2 Å². The highest BCUT2D eigenvalue weighted by Crippen LogP contribution is 2.59. The van der Waals surface area contributed by atoms with Gasteiger partial charge in [0, 0.05) is 23.2 Å². The van der Waals surface area contributed by atoms with Crippen LogP contribution >= 0.6 is 0 Å². The van der Waals surface area contributed by atoms with Crippen molar-refractivity contribution < 1.29 is 32.7 Å². The molecule has 46 heavy (non-hydrogen) atoms. The minimum absolute atomic E-state index is 0.000602. The summed E-state index contributed by atoms with van der Waals surface area (Å²) in [4.78, 5) is 36.0. The molecule has 4 bridgehead atoms. The Morgan fingerprint density at radius 2 is 1.96 bits per heavy atom. The zero-order chi connectivity index (χ0) is 32.5. The Balaban J connectivity index is 1.50. The van der Waals surface area contributed by atoms with Crippen LogP contribution in [0.2, 0.25) is 0 Å². The zero-order valence-corrected chi connectivity index (χ0v) is 25.4. The highest BCUT2D eigenvalue weighted by molar-refractivity contribution is 5.90. The first-order valence-corrected chi connectivity index (χ1v) is 15.0. The Hall–Kier alpha value is -5.22. The van der Waals surface area contributed by atoms with Gasteiger partial charge in [0.25, 0.3) is 0 Å².